The fourth-order valence-corrected chi connectivity index (χ4v) is 2.43. The van der Waals surface area contributed by atoms with E-state index in [0.717, 1.165) is 24.9 Å². The fourth-order valence-electron chi connectivity index (χ4n) is 2.43. The summed E-state index contributed by atoms with van der Waals surface area (Å²) in [5, 5.41) is 9.26. The van der Waals surface area contributed by atoms with Crippen molar-refractivity contribution >= 4 is 5.91 Å². The third kappa shape index (κ3) is 2.65. The van der Waals surface area contributed by atoms with Crippen LogP contribution in [0.25, 0.3) is 0 Å². The van der Waals surface area contributed by atoms with Gasteiger partial charge in [0.15, 0.2) is 0 Å². The average molecular weight is 234 g/mol. The van der Waals surface area contributed by atoms with Gasteiger partial charge in [0, 0.05) is 18.2 Å². The molecule has 92 valence electrons. The monoisotopic (exact) mass is 234 g/mol. The highest BCUT2D eigenvalue weighted by molar-refractivity contribution is 5.94. The van der Waals surface area contributed by atoms with Crippen molar-refractivity contribution in [3.63, 3.8) is 0 Å². The van der Waals surface area contributed by atoms with Crippen molar-refractivity contribution < 1.29 is 9.90 Å². The van der Waals surface area contributed by atoms with E-state index in [1.54, 1.807) is 6.07 Å². The highest BCUT2D eigenvalue weighted by atomic mass is 16.3. The summed E-state index contributed by atoms with van der Waals surface area (Å²) in [5.74, 6) is -0.389. The van der Waals surface area contributed by atoms with E-state index in [0.29, 0.717) is 12.1 Å². The molecule has 1 fully saturated rings. The topological polar surface area (TPSA) is 66.6 Å². The first-order valence-corrected chi connectivity index (χ1v) is 5.95. The number of carbonyl (C=O) groups is 1. The van der Waals surface area contributed by atoms with Gasteiger partial charge in [0.1, 0.15) is 0 Å². The maximum atomic E-state index is 11.3. The minimum Gasteiger partial charge on any atom is -0.395 e. The summed E-state index contributed by atoms with van der Waals surface area (Å²) in [6.07, 6.45) is 2.12. The molecule has 17 heavy (non-hydrogen) atoms. The Bertz CT molecular complexity index is 406. The van der Waals surface area contributed by atoms with Crippen molar-refractivity contribution in [2.75, 3.05) is 13.2 Å². The Hall–Kier alpha value is -1.39. The second kappa shape index (κ2) is 5.29. The molecular weight excluding hydrogens is 216 g/mol. The number of amides is 1. The molecule has 1 heterocycles. The first-order valence-electron chi connectivity index (χ1n) is 5.95. The number of carbonyl (C=O) groups excluding carboxylic acids is 1. The number of aliphatic hydroxyl groups is 1. The second-order valence-corrected chi connectivity index (χ2v) is 4.47. The standard InChI is InChI=1S/C13H18N2O2/c14-13(17)12-6-2-1-4-10(12)8-15-7-3-5-11(15)9-16/h1-2,4,6,11,16H,3,5,7-9H2,(H2,14,17). The third-order valence-corrected chi connectivity index (χ3v) is 3.37. The number of rotatable bonds is 4. The van der Waals surface area contributed by atoms with Crippen LogP contribution in [0.3, 0.4) is 0 Å². The Morgan fingerprint density at radius 3 is 2.94 bits per heavy atom. The smallest absolute Gasteiger partial charge is 0.249 e. The van der Waals surface area contributed by atoms with Crippen molar-refractivity contribution in [3.05, 3.63) is 35.4 Å². The lowest BCUT2D eigenvalue weighted by Crippen LogP contribution is -2.32. The maximum absolute atomic E-state index is 11.3. The predicted octanol–water partition coefficient (Wildman–Crippen LogP) is 0.742. The summed E-state index contributed by atoms with van der Waals surface area (Å²) in [6, 6.07) is 7.62. The van der Waals surface area contributed by atoms with Gasteiger partial charge in [-0.2, -0.15) is 0 Å². The van der Waals surface area contributed by atoms with E-state index in [-0.39, 0.29) is 18.6 Å². The molecule has 1 aromatic rings. The fraction of sp³-hybridized carbons (Fsp3) is 0.462. The van der Waals surface area contributed by atoms with Crippen molar-refractivity contribution in [2.24, 2.45) is 5.73 Å². The molecule has 1 aliphatic rings. The maximum Gasteiger partial charge on any atom is 0.249 e. The Morgan fingerprint density at radius 1 is 1.47 bits per heavy atom. The van der Waals surface area contributed by atoms with E-state index in [1.165, 1.54) is 0 Å². The van der Waals surface area contributed by atoms with Crippen LogP contribution in [-0.2, 0) is 6.54 Å². The van der Waals surface area contributed by atoms with Crippen LogP contribution in [0, 0.1) is 0 Å². The van der Waals surface area contributed by atoms with Crippen LogP contribution in [0.2, 0.25) is 0 Å². The minimum atomic E-state index is -0.389. The van der Waals surface area contributed by atoms with Crippen molar-refractivity contribution in [3.8, 4) is 0 Å². The number of nitrogens with zero attached hydrogens (tertiary/aromatic N) is 1. The molecule has 1 amide bonds. The first kappa shape index (κ1) is 12.1. The summed E-state index contributed by atoms with van der Waals surface area (Å²) < 4.78 is 0. The van der Waals surface area contributed by atoms with Crippen LogP contribution in [0.1, 0.15) is 28.8 Å². The van der Waals surface area contributed by atoms with Gasteiger partial charge < -0.3 is 10.8 Å². The van der Waals surface area contributed by atoms with Crippen molar-refractivity contribution in [2.45, 2.75) is 25.4 Å². The molecule has 2 rings (SSSR count). The normalized spacial score (nSPS) is 20.6. The molecule has 1 aliphatic heterocycles. The summed E-state index contributed by atoms with van der Waals surface area (Å²) in [7, 11) is 0. The van der Waals surface area contributed by atoms with Gasteiger partial charge in [-0.15, -0.1) is 0 Å². The van der Waals surface area contributed by atoms with Crippen molar-refractivity contribution in [1.82, 2.24) is 4.90 Å². The van der Waals surface area contributed by atoms with Gasteiger partial charge in [-0.25, -0.2) is 0 Å². The number of hydrogen-bond acceptors (Lipinski definition) is 3. The minimum absolute atomic E-state index is 0.179. The molecule has 0 saturated carbocycles. The molecule has 1 unspecified atom stereocenters. The molecule has 4 heteroatoms. The first-order chi connectivity index (χ1) is 8.22. The quantitative estimate of drug-likeness (QED) is 0.807. The summed E-state index contributed by atoms with van der Waals surface area (Å²) in [4.78, 5) is 13.5. The number of benzene rings is 1. The van der Waals surface area contributed by atoms with Crippen LogP contribution in [0.5, 0.6) is 0 Å². The lowest BCUT2D eigenvalue weighted by molar-refractivity contribution is 0.0997. The average Bonchev–Trinajstić information content (AvgIpc) is 2.77. The number of nitrogens with two attached hydrogens (primary N) is 1. The van der Waals surface area contributed by atoms with Crippen LogP contribution in [-0.4, -0.2) is 35.1 Å². The molecule has 4 nitrogen and oxygen atoms in total. The van der Waals surface area contributed by atoms with E-state index >= 15 is 0 Å². The van der Waals surface area contributed by atoms with Crippen LogP contribution >= 0.6 is 0 Å². The molecule has 1 saturated heterocycles. The number of aliphatic hydroxyl groups excluding tert-OH is 1. The van der Waals surface area contributed by atoms with Crippen LogP contribution in [0.15, 0.2) is 24.3 Å². The Labute approximate surface area is 101 Å². The highest BCUT2D eigenvalue weighted by Gasteiger charge is 2.24. The number of likely N-dealkylation sites (tertiary alicyclic amines) is 1. The molecule has 0 aromatic heterocycles. The third-order valence-electron chi connectivity index (χ3n) is 3.37. The van der Waals surface area contributed by atoms with E-state index in [2.05, 4.69) is 4.90 Å². The SMILES string of the molecule is NC(=O)c1ccccc1CN1CCCC1CO. The molecule has 0 radical (unpaired) electrons. The molecule has 0 bridgehead atoms. The second-order valence-electron chi connectivity index (χ2n) is 4.47. The van der Waals surface area contributed by atoms with Gasteiger partial charge in [0.05, 0.1) is 6.61 Å². The van der Waals surface area contributed by atoms with E-state index in [4.69, 9.17) is 5.73 Å². The zero-order valence-electron chi connectivity index (χ0n) is 9.80. The van der Waals surface area contributed by atoms with E-state index in [9.17, 15) is 9.90 Å². The largest absolute Gasteiger partial charge is 0.395 e. The molecule has 1 aromatic carbocycles. The molecule has 3 N–H and O–H groups in total. The van der Waals surface area contributed by atoms with Crippen molar-refractivity contribution in [1.29, 1.82) is 0 Å². The Balaban J connectivity index is 2.15. The summed E-state index contributed by atoms with van der Waals surface area (Å²) >= 11 is 0. The molecule has 1 atom stereocenters. The molecular formula is C13H18N2O2. The summed E-state index contributed by atoms with van der Waals surface area (Å²) in [5.41, 5.74) is 6.87. The number of hydrogen-bond donors (Lipinski definition) is 2. The zero-order chi connectivity index (χ0) is 12.3. The van der Waals surface area contributed by atoms with Gasteiger partial charge in [-0.3, -0.25) is 9.69 Å². The van der Waals surface area contributed by atoms with Gasteiger partial charge in [0.2, 0.25) is 5.91 Å². The summed E-state index contributed by atoms with van der Waals surface area (Å²) in [6.45, 7) is 1.83. The van der Waals surface area contributed by atoms with Gasteiger partial charge in [-0.1, -0.05) is 18.2 Å². The lowest BCUT2D eigenvalue weighted by atomic mass is 10.1. The highest BCUT2D eigenvalue weighted by Crippen LogP contribution is 2.21. The molecule has 0 aliphatic carbocycles. The Kier molecular flexibility index (Phi) is 3.76. The van der Waals surface area contributed by atoms with E-state index in [1.807, 2.05) is 18.2 Å². The van der Waals surface area contributed by atoms with Crippen LogP contribution in [0.4, 0.5) is 0 Å². The van der Waals surface area contributed by atoms with Crippen LogP contribution < -0.4 is 5.73 Å². The van der Waals surface area contributed by atoms with Gasteiger partial charge in [-0.05, 0) is 31.0 Å². The van der Waals surface area contributed by atoms with E-state index < -0.39 is 0 Å². The van der Waals surface area contributed by atoms with Gasteiger partial charge >= 0.3 is 0 Å². The zero-order valence-corrected chi connectivity index (χ0v) is 9.80. The molecule has 0 spiro atoms. The Morgan fingerprint density at radius 2 is 2.24 bits per heavy atom. The number of primary amides is 1. The predicted molar refractivity (Wildman–Crippen MR) is 65.5 cm³/mol. The van der Waals surface area contributed by atoms with Gasteiger partial charge in [0.25, 0.3) is 0 Å². The lowest BCUT2D eigenvalue weighted by Gasteiger charge is -2.23.